The Kier molecular flexibility index (Phi) is 4.46. The maximum atomic E-state index is 12.8. The van der Waals surface area contributed by atoms with E-state index in [1.54, 1.807) is 0 Å². The Morgan fingerprint density at radius 3 is 2.47 bits per heavy atom. The highest BCUT2D eigenvalue weighted by atomic mass is 32.2. The number of nitrogens with one attached hydrogen (secondary N) is 1. The monoisotopic (exact) mass is 279 g/mol. The summed E-state index contributed by atoms with van der Waals surface area (Å²) in [6.07, 6.45) is 3.43. The fourth-order valence-corrected chi connectivity index (χ4v) is 5.13. The lowest BCUT2D eigenvalue weighted by Gasteiger charge is -2.43. The molecule has 0 radical (unpaired) electrons. The fourth-order valence-electron chi connectivity index (χ4n) is 3.24. The zero-order valence-electron chi connectivity index (χ0n) is 12.4. The first-order chi connectivity index (χ1) is 8.95. The molecule has 3 heteroatoms. The van der Waals surface area contributed by atoms with Crippen molar-refractivity contribution in [2.75, 3.05) is 7.05 Å². The molecule has 0 heterocycles. The molecular weight excluding hydrogens is 254 g/mol. The second-order valence-corrected chi connectivity index (χ2v) is 7.97. The lowest BCUT2D eigenvalue weighted by molar-refractivity contribution is 0.180. The molecular formula is C16H25NOS. The average molecular weight is 279 g/mol. The highest BCUT2D eigenvalue weighted by Gasteiger charge is 2.41. The van der Waals surface area contributed by atoms with Gasteiger partial charge in [0.2, 0.25) is 0 Å². The molecule has 0 bridgehead atoms. The van der Waals surface area contributed by atoms with Crippen molar-refractivity contribution in [2.45, 2.75) is 56.2 Å². The van der Waals surface area contributed by atoms with E-state index in [-0.39, 0.29) is 10.7 Å². The van der Waals surface area contributed by atoms with E-state index in [0.29, 0.717) is 6.04 Å². The van der Waals surface area contributed by atoms with Gasteiger partial charge in [-0.25, -0.2) is 0 Å². The van der Waals surface area contributed by atoms with Gasteiger partial charge < -0.3 is 5.32 Å². The van der Waals surface area contributed by atoms with Gasteiger partial charge in [-0.05, 0) is 44.4 Å². The quantitative estimate of drug-likeness (QED) is 0.920. The Bertz CT molecular complexity index is 452. The Hall–Kier alpha value is -0.670. The van der Waals surface area contributed by atoms with Gasteiger partial charge in [0.25, 0.3) is 0 Å². The smallest absolute Gasteiger partial charge is 0.0576 e. The Balaban J connectivity index is 2.24. The SMILES string of the molecule is CNC1C(S(=O)c2ccc(C)cc2)CCCC1(C)C. The third kappa shape index (κ3) is 3.09. The summed E-state index contributed by atoms with van der Waals surface area (Å²) in [4.78, 5) is 0.966. The lowest BCUT2D eigenvalue weighted by Crippen LogP contribution is -2.52. The van der Waals surface area contributed by atoms with Crippen LogP contribution in [-0.4, -0.2) is 22.5 Å². The number of benzene rings is 1. The minimum Gasteiger partial charge on any atom is -0.315 e. The van der Waals surface area contributed by atoms with Gasteiger partial charge in [0.1, 0.15) is 0 Å². The molecule has 0 aromatic heterocycles. The molecule has 2 nitrogen and oxygen atoms in total. The van der Waals surface area contributed by atoms with Crippen molar-refractivity contribution in [3.05, 3.63) is 29.8 Å². The van der Waals surface area contributed by atoms with Gasteiger partial charge in [0.15, 0.2) is 0 Å². The average Bonchev–Trinajstić information content (AvgIpc) is 2.37. The number of aryl methyl sites for hydroxylation is 1. The molecule has 1 aromatic rings. The first-order valence-corrected chi connectivity index (χ1v) is 8.31. The van der Waals surface area contributed by atoms with E-state index in [9.17, 15) is 4.21 Å². The van der Waals surface area contributed by atoms with Crippen LogP contribution in [0.25, 0.3) is 0 Å². The summed E-state index contributed by atoms with van der Waals surface area (Å²) < 4.78 is 12.8. The van der Waals surface area contributed by atoms with E-state index in [1.807, 2.05) is 19.2 Å². The van der Waals surface area contributed by atoms with Crippen molar-refractivity contribution in [1.29, 1.82) is 0 Å². The third-order valence-corrected chi connectivity index (χ3v) is 6.16. The molecule has 0 aliphatic heterocycles. The molecule has 19 heavy (non-hydrogen) atoms. The fraction of sp³-hybridized carbons (Fsp3) is 0.625. The summed E-state index contributed by atoms with van der Waals surface area (Å²) >= 11 is 0. The van der Waals surface area contributed by atoms with Crippen molar-refractivity contribution >= 4 is 10.8 Å². The van der Waals surface area contributed by atoms with Crippen LogP contribution < -0.4 is 5.32 Å². The van der Waals surface area contributed by atoms with E-state index in [1.165, 1.54) is 18.4 Å². The number of rotatable bonds is 3. The molecule has 1 fully saturated rings. The minimum atomic E-state index is -0.917. The van der Waals surface area contributed by atoms with Crippen molar-refractivity contribution in [2.24, 2.45) is 5.41 Å². The first-order valence-electron chi connectivity index (χ1n) is 7.10. The van der Waals surface area contributed by atoms with E-state index in [0.717, 1.165) is 11.3 Å². The van der Waals surface area contributed by atoms with Gasteiger partial charge in [0.05, 0.1) is 16.0 Å². The van der Waals surface area contributed by atoms with Crippen LogP contribution in [0, 0.1) is 12.3 Å². The topological polar surface area (TPSA) is 29.1 Å². The van der Waals surface area contributed by atoms with Gasteiger partial charge in [-0.3, -0.25) is 4.21 Å². The summed E-state index contributed by atoms with van der Waals surface area (Å²) in [5.41, 5.74) is 1.44. The van der Waals surface area contributed by atoms with Crippen LogP contribution in [0.2, 0.25) is 0 Å². The number of hydrogen-bond acceptors (Lipinski definition) is 2. The summed E-state index contributed by atoms with van der Waals surface area (Å²) in [7, 11) is 1.08. The van der Waals surface area contributed by atoms with Crippen LogP contribution in [0.1, 0.15) is 38.7 Å². The largest absolute Gasteiger partial charge is 0.315 e. The van der Waals surface area contributed by atoms with E-state index in [2.05, 4.69) is 38.2 Å². The first kappa shape index (κ1) is 14.7. The van der Waals surface area contributed by atoms with Gasteiger partial charge >= 0.3 is 0 Å². The summed E-state index contributed by atoms with van der Waals surface area (Å²) in [6.45, 7) is 6.63. The third-order valence-electron chi connectivity index (χ3n) is 4.36. The predicted molar refractivity (Wildman–Crippen MR) is 81.9 cm³/mol. The lowest BCUT2D eigenvalue weighted by atomic mass is 9.73. The van der Waals surface area contributed by atoms with Crippen molar-refractivity contribution < 1.29 is 4.21 Å². The van der Waals surface area contributed by atoms with Gasteiger partial charge in [-0.2, -0.15) is 0 Å². The molecule has 1 aliphatic carbocycles. The van der Waals surface area contributed by atoms with Gasteiger partial charge in [-0.15, -0.1) is 0 Å². The standard InChI is InChI=1S/C16H25NOS/c1-12-7-9-13(10-8-12)19(18)14-6-5-11-16(2,3)15(14)17-4/h7-10,14-15,17H,5-6,11H2,1-4H3. The van der Waals surface area contributed by atoms with Gasteiger partial charge in [-0.1, -0.05) is 38.0 Å². The summed E-state index contributed by atoms with van der Waals surface area (Å²) in [5.74, 6) is 0. The van der Waals surface area contributed by atoms with Crippen molar-refractivity contribution in [3.8, 4) is 0 Å². The summed E-state index contributed by atoms with van der Waals surface area (Å²) in [6, 6.07) is 8.45. The molecule has 2 rings (SSSR count). The molecule has 1 aromatic carbocycles. The molecule has 3 unspecified atom stereocenters. The molecule has 1 N–H and O–H groups in total. The predicted octanol–water partition coefficient (Wildman–Crippen LogP) is 3.27. The second kappa shape index (κ2) is 5.76. The van der Waals surface area contributed by atoms with Crippen LogP contribution in [-0.2, 0) is 10.8 Å². The zero-order chi connectivity index (χ0) is 14.0. The normalized spacial score (nSPS) is 28.0. The Labute approximate surface area is 119 Å². The van der Waals surface area contributed by atoms with Gasteiger partial charge in [0, 0.05) is 10.9 Å². The second-order valence-electron chi connectivity index (χ2n) is 6.30. The van der Waals surface area contributed by atoms with E-state index < -0.39 is 10.8 Å². The van der Waals surface area contributed by atoms with Crippen LogP contribution in [0.5, 0.6) is 0 Å². The molecule has 106 valence electrons. The minimum absolute atomic E-state index is 0.219. The highest BCUT2D eigenvalue weighted by Crippen LogP contribution is 2.38. The van der Waals surface area contributed by atoms with Crippen molar-refractivity contribution in [1.82, 2.24) is 5.32 Å². The molecule has 0 spiro atoms. The Morgan fingerprint density at radius 1 is 1.26 bits per heavy atom. The van der Waals surface area contributed by atoms with E-state index >= 15 is 0 Å². The van der Waals surface area contributed by atoms with E-state index in [4.69, 9.17) is 0 Å². The van der Waals surface area contributed by atoms with Crippen LogP contribution >= 0.6 is 0 Å². The van der Waals surface area contributed by atoms with Crippen molar-refractivity contribution in [3.63, 3.8) is 0 Å². The van der Waals surface area contributed by atoms with Crippen LogP contribution in [0.15, 0.2) is 29.2 Å². The molecule has 1 aliphatic rings. The maximum absolute atomic E-state index is 12.8. The maximum Gasteiger partial charge on any atom is 0.0576 e. The molecule has 1 saturated carbocycles. The highest BCUT2D eigenvalue weighted by molar-refractivity contribution is 7.85. The molecule has 0 saturated heterocycles. The molecule has 3 atom stereocenters. The number of hydrogen-bond donors (Lipinski definition) is 1. The zero-order valence-corrected chi connectivity index (χ0v) is 13.2. The summed E-state index contributed by atoms with van der Waals surface area (Å²) in [5, 5.41) is 3.63. The van der Waals surface area contributed by atoms with Crippen LogP contribution in [0.4, 0.5) is 0 Å². The van der Waals surface area contributed by atoms with Crippen LogP contribution in [0.3, 0.4) is 0 Å². The Morgan fingerprint density at radius 2 is 1.89 bits per heavy atom. The molecule has 0 amide bonds.